The zero-order valence-electron chi connectivity index (χ0n) is 16.4. The van der Waals surface area contributed by atoms with Gasteiger partial charge in [0.1, 0.15) is 17.9 Å². The molecule has 2 heterocycles. The fourth-order valence-corrected chi connectivity index (χ4v) is 3.90. The lowest BCUT2D eigenvalue weighted by Gasteiger charge is -2.35. The Hall–Kier alpha value is -2.83. The molecule has 0 atom stereocenters. The molecule has 30 heavy (non-hydrogen) atoms. The minimum atomic E-state index is -0.0853. The number of aromatic nitrogens is 2. The van der Waals surface area contributed by atoms with Gasteiger partial charge in [0.25, 0.3) is 5.91 Å². The van der Waals surface area contributed by atoms with E-state index in [4.69, 9.17) is 27.9 Å². The number of carbonyl (C=O) groups is 1. The van der Waals surface area contributed by atoms with Gasteiger partial charge in [-0.15, -0.1) is 0 Å². The van der Waals surface area contributed by atoms with Crippen LogP contribution in [0.1, 0.15) is 10.4 Å². The van der Waals surface area contributed by atoms with E-state index in [1.54, 1.807) is 36.5 Å². The predicted octanol–water partition coefficient (Wildman–Crippen LogP) is 4.42. The summed E-state index contributed by atoms with van der Waals surface area (Å²) in [6, 6.07) is 14.7. The molecule has 0 radical (unpaired) electrons. The van der Waals surface area contributed by atoms with E-state index in [0.717, 1.165) is 22.8 Å². The van der Waals surface area contributed by atoms with Crippen molar-refractivity contribution >= 4 is 34.9 Å². The number of ether oxygens (including phenoxy) is 1. The highest BCUT2D eigenvalue weighted by Crippen LogP contribution is 2.25. The Balaban J connectivity index is 1.44. The van der Waals surface area contributed by atoms with Gasteiger partial charge in [-0.05, 0) is 42.5 Å². The Morgan fingerprint density at radius 2 is 1.70 bits per heavy atom. The highest BCUT2D eigenvalue weighted by Gasteiger charge is 2.24. The first-order valence-corrected chi connectivity index (χ1v) is 10.3. The van der Waals surface area contributed by atoms with Crippen molar-refractivity contribution in [2.45, 2.75) is 0 Å². The largest absolute Gasteiger partial charge is 0.497 e. The number of carbonyl (C=O) groups excluding carboxylic acids is 1. The number of hydrogen-bond donors (Lipinski definition) is 0. The van der Waals surface area contributed by atoms with Gasteiger partial charge in [0, 0.05) is 42.8 Å². The molecule has 0 spiro atoms. The molecule has 1 aromatic heterocycles. The first-order chi connectivity index (χ1) is 14.5. The molecule has 3 aromatic rings. The van der Waals surface area contributed by atoms with Gasteiger partial charge in [-0.3, -0.25) is 4.79 Å². The Bertz CT molecular complexity index is 1050. The van der Waals surface area contributed by atoms with Crippen LogP contribution in [-0.2, 0) is 0 Å². The first-order valence-electron chi connectivity index (χ1n) is 9.51. The molecule has 154 valence electrons. The Morgan fingerprint density at radius 3 is 2.37 bits per heavy atom. The van der Waals surface area contributed by atoms with Crippen molar-refractivity contribution in [2.75, 3.05) is 38.2 Å². The van der Waals surface area contributed by atoms with Crippen LogP contribution in [0.2, 0.25) is 10.0 Å². The Morgan fingerprint density at radius 1 is 0.967 bits per heavy atom. The molecular formula is C22H20Cl2N4O2. The molecule has 1 aliphatic rings. The zero-order valence-corrected chi connectivity index (χ0v) is 17.9. The molecule has 0 aliphatic carbocycles. The quantitative estimate of drug-likeness (QED) is 0.598. The minimum absolute atomic E-state index is 0.0853. The second-order valence-corrected chi connectivity index (χ2v) is 7.74. The lowest BCUT2D eigenvalue weighted by molar-refractivity contribution is 0.0746. The van der Waals surface area contributed by atoms with Crippen molar-refractivity contribution in [1.29, 1.82) is 0 Å². The minimum Gasteiger partial charge on any atom is -0.497 e. The summed E-state index contributed by atoms with van der Waals surface area (Å²) in [5, 5.41) is 0.882. The molecule has 0 N–H and O–H groups in total. The molecule has 0 bridgehead atoms. The van der Waals surface area contributed by atoms with Gasteiger partial charge >= 0.3 is 0 Å². The topological polar surface area (TPSA) is 58.6 Å². The van der Waals surface area contributed by atoms with Crippen LogP contribution in [0.25, 0.3) is 11.3 Å². The molecule has 1 amide bonds. The molecule has 8 heteroatoms. The number of benzene rings is 2. The maximum absolute atomic E-state index is 12.8. The van der Waals surface area contributed by atoms with E-state index in [2.05, 4.69) is 14.9 Å². The maximum atomic E-state index is 12.8. The number of hydrogen-bond acceptors (Lipinski definition) is 5. The average molecular weight is 443 g/mol. The number of amides is 1. The lowest BCUT2D eigenvalue weighted by Crippen LogP contribution is -2.49. The fraction of sp³-hybridized carbons (Fsp3) is 0.227. The van der Waals surface area contributed by atoms with Crippen molar-refractivity contribution < 1.29 is 9.53 Å². The van der Waals surface area contributed by atoms with Crippen LogP contribution in [0, 0.1) is 0 Å². The molecule has 1 fully saturated rings. The summed E-state index contributed by atoms with van der Waals surface area (Å²) in [5.41, 5.74) is 2.30. The molecule has 6 nitrogen and oxygen atoms in total. The average Bonchev–Trinajstić information content (AvgIpc) is 2.79. The zero-order chi connectivity index (χ0) is 21.1. The number of rotatable bonds is 4. The Kier molecular flexibility index (Phi) is 6.06. The summed E-state index contributed by atoms with van der Waals surface area (Å²) >= 11 is 12.1. The predicted molar refractivity (Wildman–Crippen MR) is 119 cm³/mol. The summed E-state index contributed by atoms with van der Waals surface area (Å²) in [4.78, 5) is 25.6. The van der Waals surface area contributed by atoms with Gasteiger partial charge in [-0.2, -0.15) is 0 Å². The molecule has 1 saturated heterocycles. The summed E-state index contributed by atoms with van der Waals surface area (Å²) in [6.07, 6.45) is 1.57. The van der Waals surface area contributed by atoms with Crippen molar-refractivity contribution in [3.05, 3.63) is 70.5 Å². The molecule has 1 aliphatic heterocycles. The highest BCUT2D eigenvalue weighted by molar-refractivity contribution is 6.36. The monoisotopic (exact) mass is 442 g/mol. The van der Waals surface area contributed by atoms with Crippen LogP contribution in [0.4, 0.5) is 5.82 Å². The van der Waals surface area contributed by atoms with Gasteiger partial charge in [-0.1, -0.05) is 23.2 Å². The number of piperazine rings is 1. The van der Waals surface area contributed by atoms with Gasteiger partial charge < -0.3 is 14.5 Å². The van der Waals surface area contributed by atoms with Gasteiger partial charge in [0.05, 0.1) is 23.4 Å². The van der Waals surface area contributed by atoms with E-state index in [-0.39, 0.29) is 5.91 Å². The smallest absolute Gasteiger partial charge is 0.255 e. The van der Waals surface area contributed by atoms with Crippen molar-refractivity contribution in [3.63, 3.8) is 0 Å². The summed E-state index contributed by atoms with van der Waals surface area (Å²) in [7, 11) is 1.64. The number of anilines is 1. The third kappa shape index (κ3) is 4.35. The van der Waals surface area contributed by atoms with Crippen LogP contribution in [0.3, 0.4) is 0 Å². The molecule has 4 rings (SSSR count). The standard InChI is InChI=1S/C22H20Cl2N4O2/c1-30-17-5-2-15(3-6-17)20-13-21(26-14-25-20)27-8-10-28(11-9-27)22(29)18-7-4-16(23)12-19(18)24/h2-7,12-14H,8-11H2,1H3. The summed E-state index contributed by atoms with van der Waals surface area (Å²) in [5.74, 6) is 1.56. The SMILES string of the molecule is COc1ccc(-c2cc(N3CCN(C(=O)c4ccc(Cl)cc4Cl)CC3)ncn2)cc1. The van der Waals surface area contributed by atoms with Crippen LogP contribution in [0.5, 0.6) is 5.75 Å². The third-order valence-electron chi connectivity index (χ3n) is 5.09. The summed E-state index contributed by atoms with van der Waals surface area (Å²) < 4.78 is 5.21. The van der Waals surface area contributed by atoms with E-state index in [1.165, 1.54) is 0 Å². The van der Waals surface area contributed by atoms with Gasteiger partial charge in [-0.25, -0.2) is 9.97 Å². The van der Waals surface area contributed by atoms with E-state index >= 15 is 0 Å². The second-order valence-electron chi connectivity index (χ2n) is 6.89. The van der Waals surface area contributed by atoms with Crippen LogP contribution in [0.15, 0.2) is 54.9 Å². The highest BCUT2D eigenvalue weighted by atomic mass is 35.5. The van der Waals surface area contributed by atoms with E-state index in [1.807, 2.05) is 30.3 Å². The van der Waals surface area contributed by atoms with Crippen LogP contribution in [-0.4, -0.2) is 54.1 Å². The number of methoxy groups -OCH3 is 1. The number of halogens is 2. The van der Waals surface area contributed by atoms with Crippen molar-refractivity contribution in [3.8, 4) is 17.0 Å². The normalized spacial score (nSPS) is 14.0. The summed E-state index contributed by atoms with van der Waals surface area (Å²) in [6.45, 7) is 2.52. The number of nitrogens with zero attached hydrogens (tertiary/aromatic N) is 4. The molecular weight excluding hydrogens is 423 g/mol. The lowest BCUT2D eigenvalue weighted by atomic mass is 10.1. The van der Waals surface area contributed by atoms with Crippen molar-refractivity contribution in [1.82, 2.24) is 14.9 Å². The molecule has 0 unspecified atom stereocenters. The molecule has 0 saturated carbocycles. The second kappa shape index (κ2) is 8.90. The van der Waals surface area contributed by atoms with E-state index in [0.29, 0.717) is 41.8 Å². The Labute approximate surface area is 185 Å². The van der Waals surface area contributed by atoms with Gasteiger partial charge in [0.2, 0.25) is 0 Å². The van der Waals surface area contributed by atoms with E-state index < -0.39 is 0 Å². The van der Waals surface area contributed by atoms with E-state index in [9.17, 15) is 4.79 Å². The van der Waals surface area contributed by atoms with Gasteiger partial charge in [0.15, 0.2) is 0 Å². The first kappa shape index (κ1) is 20.4. The van der Waals surface area contributed by atoms with Crippen LogP contribution >= 0.6 is 23.2 Å². The van der Waals surface area contributed by atoms with Crippen molar-refractivity contribution in [2.24, 2.45) is 0 Å². The third-order valence-corrected chi connectivity index (χ3v) is 5.64. The molecule has 2 aromatic carbocycles. The fourth-order valence-electron chi connectivity index (χ4n) is 3.41. The maximum Gasteiger partial charge on any atom is 0.255 e. The van der Waals surface area contributed by atoms with Crippen LogP contribution < -0.4 is 9.64 Å².